The van der Waals surface area contributed by atoms with Gasteiger partial charge >= 0.3 is 0 Å². The van der Waals surface area contributed by atoms with Crippen molar-refractivity contribution in [3.63, 3.8) is 0 Å². The van der Waals surface area contributed by atoms with Crippen molar-refractivity contribution >= 4 is 5.91 Å². The number of halogens is 1. The molecule has 1 amide bonds. The van der Waals surface area contributed by atoms with E-state index >= 15 is 0 Å². The Hall–Kier alpha value is -2.50. The van der Waals surface area contributed by atoms with Gasteiger partial charge in [-0.1, -0.05) is 38.8 Å². The third-order valence-corrected chi connectivity index (χ3v) is 4.13. The highest BCUT2D eigenvalue weighted by Crippen LogP contribution is 2.11. The fourth-order valence-corrected chi connectivity index (χ4v) is 2.71. The summed E-state index contributed by atoms with van der Waals surface area (Å²) in [6.45, 7) is 5.52. The smallest absolute Gasteiger partial charge is 0.274 e. The standard InChI is InChI=1S/C20H26FN3O2/c1-3-5-6-14-23(15-16-7-9-17(21)10-8-16)20(26)18-11-12-19(25)24(22-18)13-4-2/h7-12H,3-6,13-15H2,1-2H3. The predicted molar refractivity (Wildman–Crippen MR) is 99.5 cm³/mol. The molecule has 2 rings (SSSR count). The highest BCUT2D eigenvalue weighted by atomic mass is 19.1. The Morgan fingerprint density at radius 2 is 1.81 bits per heavy atom. The van der Waals surface area contributed by atoms with Crippen LogP contribution in [0.3, 0.4) is 0 Å². The first kappa shape index (κ1) is 19.8. The Labute approximate surface area is 153 Å². The number of carbonyl (C=O) groups is 1. The van der Waals surface area contributed by atoms with E-state index in [9.17, 15) is 14.0 Å². The Balaban J connectivity index is 2.22. The summed E-state index contributed by atoms with van der Waals surface area (Å²) in [7, 11) is 0. The Bertz CT molecular complexity index is 771. The third-order valence-electron chi connectivity index (χ3n) is 4.13. The molecule has 1 heterocycles. The first-order valence-electron chi connectivity index (χ1n) is 9.17. The van der Waals surface area contributed by atoms with E-state index in [1.807, 2.05) is 6.92 Å². The average Bonchev–Trinajstić information content (AvgIpc) is 2.64. The van der Waals surface area contributed by atoms with Gasteiger partial charge in [0, 0.05) is 25.7 Å². The Kier molecular flexibility index (Phi) is 7.51. The molecule has 140 valence electrons. The highest BCUT2D eigenvalue weighted by molar-refractivity contribution is 5.92. The van der Waals surface area contributed by atoms with E-state index in [0.717, 1.165) is 31.2 Å². The van der Waals surface area contributed by atoms with Crippen LogP contribution in [0, 0.1) is 5.82 Å². The number of amides is 1. The van der Waals surface area contributed by atoms with Gasteiger partial charge in [-0.05, 0) is 36.6 Å². The first-order chi connectivity index (χ1) is 12.5. The topological polar surface area (TPSA) is 55.2 Å². The number of nitrogens with zero attached hydrogens (tertiary/aromatic N) is 3. The molecule has 26 heavy (non-hydrogen) atoms. The minimum absolute atomic E-state index is 0.209. The van der Waals surface area contributed by atoms with Crippen molar-refractivity contribution < 1.29 is 9.18 Å². The molecule has 0 saturated heterocycles. The molecule has 2 aromatic rings. The lowest BCUT2D eigenvalue weighted by molar-refractivity contribution is 0.0731. The molecule has 1 aromatic carbocycles. The van der Waals surface area contributed by atoms with E-state index in [-0.39, 0.29) is 23.0 Å². The van der Waals surface area contributed by atoms with Gasteiger partial charge in [0.05, 0.1) is 0 Å². The molecule has 0 unspecified atom stereocenters. The van der Waals surface area contributed by atoms with E-state index in [1.54, 1.807) is 17.0 Å². The maximum atomic E-state index is 13.1. The number of aryl methyl sites for hydroxylation is 1. The van der Waals surface area contributed by atoms with Crippen molar-refractivity contribution in [1.29, 1.82) is 0 Å². The number of rotatable bonds is 9. The van der Waals surface area contributed by atoms with Crippen LogP contribution in [-0.4, -0.2) is 27.1 Å². The number of unbranched alkanes of at least 4 members (excludes halogenated alkanes) is 2. The Morgan fingerprint density at radius 3 is 2.46 bits per heavy atom. The third kappa shape index (κ3) is 5.51. The SMILES string of the molecule is CCCCCN(Cc1ccc(F)cc1)C(=O)c1ccc(=O)n(CCC)n1. The van der Waals surface area contributed by atoms with E-state index < -0.39 is 0 Å². The van der Waals surface area contributed by atoms with Crippen molar-refractivity contribution in [2.24, 2.45) is 0 Å². The van der Waals surface area contributed by atoms with Crippen LogP contribution in [0.25, 0.3) is 0 Å². The lowest BCUT2D eigenvalue weighted by Crippen LogP contribution is -2.34. The van der Waals surface area contributed by atoms with E-state index in [2.05, 4.69) is 12.0 Å². The van der Waals surface area contributed by atoms with Crippen LogP contribution >= 0.6 is 0 Å². The lowest BCUT2D eigenvalue weighted by atomic mass is 10.1. The second kappa shape index (κ2) is 9.85. The number of carbonyl (C=O) groups excluding carboxylic acids is 1. The van der Waals surface area contributed by atoms with Gasteiger partial charge in [0.25, 0.3) is 11.5 Å². The summed E-state index contributed by atoms with van der Waals surface area (Å²) in [6.07, 6.45) is 3.73. The first-order valence-corrected chi connectivity index (χ1v) is 9.17. The molecule has 0 saturated carbocycles. The number of benzene rings is 1. The lowest BCUT2D eigenvalue weighted by Gasteiger charge is -2.23. The van der Waals surface area contributed by atoms with E-state index in [4.69, 9.17) is 0 Å². The van der Waals surface area contributed by atoms with Gasteiger partial charge in [-0.15, -0.1) is 0 Å². The normalized spacial score (nSPS) is 10.7. The van der Waals surface area contributed by atoms with Crippen molar-refractivity contribution in [1.82, 2.24) is 14.7 Å². The summed E-state index contributed by atoms with van der Waals surface area (Å²) in [5, 5.41) is 4.22. The minimum Gasteiger partial charge on any atom is -0.333 e. The monoisotopic (exact) mass is 359 g/mol. The molecule has 0 atom stereocenters. The zero-order valence-corrected chi connectivity index (χ0v) is 15.4. The van der Waals surface area contributed by atoms with Gasteiger partial charge in [-0.25, -0.2) is 9.07 Å². The number of hydrogen-bond acceptors (Lipinski definition) is 3. The largest absolute Gasteiger partial charge is 0.333 e. The summed E-state index contributed by atoms with van der Waals surface area (Å²) in [5.74, 6) is -0.513. The van der Waals surface area contributed by atoms with Crippen LogP contribution in [0.4, 0.5) is 4.39 Å². The molecule has 5 nitrogen and oxygen atoms in total. The molecule has 0 radical (unpaired) electrons. The van der Waals surface area contributed by atoms with Crippen LogP contribution in [0.5, 0.6) is 0 Å². The van der Waals surface area contributed by atoms with Gasteiger partial charge < -0.3 is 4.90 Å². The zero-order valence-electron chi connectivity index (χ0n) is 15.4. The molecule has 0 aliphatic rings. The fourth-order valence-electron chi connectivity index (χ4n) is 2.71. The summed E-state index contributed by atoms with van der Waals surface area (Å²) >= 11 is 0. The summed E-state index contributed by atoms with van der Waals surface area (Å²) in [6, 6.07) is 9.02. The van der Waals surface area contributed by atoms with Gasteiger partial charge in [-0.3, -0.25) is 9.59 Å². The van der Waals surface area contributed by atoms with Crippen molar-refractivity contribution in [3.05, 3.63) is 63.8 Å². The Morgan fingerprint density at radius 1 is 1.08 bits per heavy atom. The predicted octanol–water partition coefficient (Wildman–Crippen LogP) is 3.63. The molecule has 0 aliphatic carbocycles. The zero-order chi connectivity index (χ0) is 18.9. The molecule has 0 bridgehead atoms. The molecule has 6 heteroatoms. The van der Waals surface area contributed by atoms with Crippen molar-refractivity contribution in [3.8, 4) is 0 Å². The van der Waals surface area contributed by atoms with E-state index in [0.29, 0.717) is 19.6 Å². The molecular weight excluding hydrogens is 333 g/mol. The molecule has 0 spiro atoms. The maximum absolute atomic E-state index is 13.1. The van der Waals surface area contributed by atoms with Crippen molar-refractivity contribution in [2.45, 2.75) is 52.6 Å². The second-order valence-electron chi connectivity index (χ2n) is 6.34. The molecule has 0 aliphatic heterocycles. The summed E-state index contributed by atoms with van der Waals surface area (Å²) < 4.78 is 14.5. The van der Waals surface area contributed by atoms with E-state index in [1.165, 1.54) is 28.9 Å². The van der Waals surface area contributed by atoms with Gasteiger partial charge in [-0.2, -0.15) is 5.10 Å². The molecular formula is C20H26FN3O2. The second-order valence-corrected chi connectivity index (χ2v) is 6.34. The summed E-state index contributed by atoms with van der Waals surface area (Å²) in [5.41, 5.74) is 0.911. The average molecular weight is 359 g/mol. The van der Waals surface area contributed by atoms with Crippen molar-refractivity contribution in [2.75, 3.05) is 6.54 Å². The number of hydrogen-bond donors (Lipinski definition) is 0. The van der Waals surface area contributed by atoms with Crippen LogP contribution in [0.1, 0.15) is 55.6 Å². The van der Waals surface area contributed by atoms with Gasteiger partial charge in [0.15, 0.2) is 0 Å². The minimum atomic E-state index is -0.300. The van der Waals surface area contributed by atoms with Crippen LogP contribution < -0.4 is 5.56 Å². The fraction of sp³-hybridized carbons (Fsp3) is 0.450. The van der Waals surface area contributed by atoms with Crippen LogP contribution in [-0.2, 0) is 13.1 Å². The molecule has 0 N–H and O–H groups in total. The quantitative estimate of drug-likeness (QED) is 0.643. The van der Waals surface area contributed by atoms with Crippen LogP contribution in [0.2, 0.25) is 0 Å². The van der Waals surface area contributed by atoms with Crippen LogP contribution in [0.15, 0.2) is 41.2 Å². The highest BCUT2D eigenvalue weighted by Gasteiger charge is 2.18. The molecule has 1 aromatic heterocycles. The number of aromatic nitrogens is 2. The maximum Gasteiger partial charge on any atom is 0.274 e. The molecule has 0 fully saturated rings. The van der Waals surface area contributed by atoms with Gasteiger partial charge in [0.1, 0.15) is 11.5 Å². The van der Waals surface area contributed by atoms with Gasteiger partial charge in [0.2, 0.25) is 0 Å². The summed E-state index contributed by atoms with van der Waals surface area (Å²) in [4.78, 5) is 26.5.